The summed E-state index contributed by atoms with van der Waals surface area (Å²) in [5.41, 5.74) is 4.19. The first-order chi connectivity index (χ1) is 12.6. The molecule has 4 heterocycles. The zero-order chi connectivity index (χ0) is 17.8. The molecule has 5 rings (SSSR count). The van der Waals surface area contributed by atoms with E-state index in [-0.39, 0.29) is 24.1 Å². The molecule has 26 heavy (non-hydrogen) atoms. The molecule has 6 heteroatoms. The molecule has 0 aromatic heterocycles. The fourth-order valence-electron chi connectivity index (χ4n) is 4.71. The number of benzene rings is 1. The topological polar surface area (TPSA) is 78.5 Å². The van der Waals surface area contributed by atoms with Crippen LogP contribution in [0.1, 0.15) is 53.6 Å². The van der Waals surface area contributed by atoms with E-state index in [1.165, 1.54) is 24.0 Å². The van der Waals surface area contributed by atoms with E-state index in [2.05, 4.69) is 22.8 Å². The van der Waals surface area contributed by atoms with Crippen molar-refractivity contribution in [3.8, 4) is 0 Å². The minimum atomic E-state index is -0.551. The number of fused-ring (bicyclic) bond motifs is 3. The van der Waals surface area contributed by atoms with Gasteiger partial charge in [-0.15, -0.1) is 0 Å². The van der Waals surface area contributed by atoms with Crippen LogP contribution in [0.4, 0.5) is 0 Å². The van der Waals surface area contributed by atoms with Gasteiger partial charge in [-0.25, -0.2) is 0 Å². The lowest BCUT2D eigenvalue weighted by Gasteiger charge is -2.29. The molecule has 0 spiro atoms. The molecule has 134 valence electrons. The third kappa shape index (κ3) is 2.48. The summed E-state index contributed by atoms with van der Waals surface area (Å²) in [6.07, 6.45) is 6.44. The van der Waals surface area contributed by atoms with E-state index in [0.29, 0.717) is 30.6 Å². The molecule has 2 saturated heterocycles. The van der Waals surface area contributed by atoms with Crippen molar-refractivity contribution in [3.05, 3.63) is 41.0 Å². The summed E-state index contributed by atoms with van der Waals surface area (Å²) in [5.74, 6) is -0.731. The Balaban J connectivity index is 1.41. The number of carbonyl (C=O) groups excluding carboxylic acids is 3. The Bertz CT molecular complexity index is 860. The number of rotatable bonds is 2. The summed E-state index contributed by atoms with van der Waals surface area (Å²) >= 11 is 0. The second-order valence-electron chi connectivity index (χ2n) is 7.72. The average molecular weight is 351 g/mol. The number of hydrogen-bond donors (Lipinski definition) is 2. The van der Waals surface area contributed by atoms with Crippen molar-refractivity contribution >= 4 is 23.3 Å². The van der Waals surface area contributed by atoms with Crippen LogP contribution in [-0.4, -0.2) is 40.7 Å². The van der Waals surface area contributed by atoms with Crippen LogP contribution in [0.5, 0.6) is 0 Å². The fourth-order valence-corrected chi connectivity index (χ4v) is 4.71. The number of imide groups is 1. The maximum Gasteiger partial charge on any atom is 0.255 e. The Labute approximate surface area is 151 Å². The summed E-state index contributed by atoms with van der Waals surface area (Å²) in [6, 6.07) is 6.51. The SMILES string of the molecule is O=C1CCC(N2Cc3cc(C4=CC5CCC(C4)N5)ccc3C2=O)C(=O)N1. The van der Waals surface area contributed by atoms with E-state index in [0.717, 1.165) is 12.0 Å². The van der Waals surface area contributed by atoms with Crippen LogP contribution in [0.2, 0.25) is 0 Å². The van der Waals surface area contributed by atoms with Gasteiger partial charge in [-0.2, -0.15) is 0 Å². The molecule has 2 bridgehead atoms. The van der Waals surface area contributed by atoms with Gasteiger partial charge >= 0.3 is 0 Å². The van der Waals surface area contributed by atoms with Gasteiger partial charge in [-0.1, -0.05) is 12.1 Å². The minimum absolute atomic E-state index is 0.111. The predicted molar refractivity (Wildman–Crippen MR) is 95.0 cm³/mol. The molecule has 0 aliphatic carbocycles. The van der Waals surface area contributed by atoms with Gasteiger partial charge in [0.25, 0.3) is 5.91 Å². The fraction of sp³-hybridized carbons (Fsp3) is 0.450. The molecule has 0 saturated carbocycles. The summed E-state index contributed by atoms with van der Waals surface area (Å²) in [5, 5.41) is 5.94. The average Bonchev–Trinajstić information content (AvgIpc) is 3.13. The third-order valence-electron chi connectivity index (χ3n) is 6.04. The highest BCUT2D eigenvalue weighted by molar-refractivity contribution is 6.05. The molecule has 3 unspecified atom stereocenters. The van der Waals surface area contributed by atoms with Crippen LogP contribution in [0.15, 0.2) is 24.3 Å². The lowest BCUT2D eigenvalue weighted by molar-refractivity contribution is -0.136. The van der Waals surface area contributed by atoms with Crippen LogP contribution >= 0.6 is 0 Å². The van der Waals surface area contributed by atoms with Crippen molar-refractivity contribution in [2.75, 3.05) is 0 Å². The molecule has 3 atom stereocenters. The normalized spacial score (nSPS) is 30.3. The van der Waals surface area contributed by atoms with Gasteiger partial charge in [0.1, 0.15) is 6.04 Å². The van der Waals surface area contributed by atoms with Gasteiger partial charge < -0.3 is 10.2 Å². The zero-order valence-corrected chi connectivity index (χ0v) is 14.5. The monoisotopic (exact) mass is 351 g/mol. The van der Waals surface area contributed by atoms with Crippen LogP contribution in [-0.2, 0) is 16.1 Å². The number of nitrogens with one attached hydrogen (secondary N) is 2. The summed E-state index contributed by atoms with van der Waals surface area (Å²) in [6.45, 7) is 0.437. The van der Waals surface area contributed by atoms with Crippen molar-refractivity contribution in [1.82, 2.24) is 15.5 Å². The maximum atomic E-state index is 12.8. The number of nitrogens with zero attached hydrogens (tertiary/aromatic N) is 1. The molecular weight excluding hydrogens is 330 g/mol. The first-order valence-corrected chi connectivity index (χ1v) is 9.33. The Hall–Kier alpha value is -2.47. The van der Waals surface area contributed by atoms with E-state index < -0.39 is 6.04 Å². The first kappa shape index (κ1) is 15.8. The maximum absolute atomic E-state index is 12.8. The van der Waals surface area contributed by atoms with Gasteiger partial charge in [0, 0.05) is 30.6 Å². The summed E-state index contributed by atoms with van der Waals surface area (Å²) in [4.78, 5) is 37.9. The molecule has 2 N–H and O–H groups in total. The van der Waals surface area contributed by atoms with Crippen molar-refractivity contribution in [3.63, 3.8) is 0 Å². The molecule has 2 fully saturated rings. The minimum Gasteiger partial charge on any atom is -0.322 e. The highest BCUT2D eigenvalue weighted by Crippen LogP contribution is 2.35. The van der Waals surface area contributed by atoms with Crippen molar-refractivity contribution in [2.45, 2.75) is 56.8 Å². The Morgan fingerprint density at radius 3 is 2.77 bits per heavy atom. The van der Waals surface area contributed by atoms with E-state index in [1.807, 2.05) is 12.1 Å². The molecule has 6 nitrogen and oxygen atoms in total. The van der Waals surface area contributed by atoms with Crippen LogP contribution < -0.4 is 10.6 Å². The van der Waals surface area contributed by atoms with Gasteiger partial charge in [0.2, 0.25) is 11.8 Å². The number of amides is 3. The van der Waals surface area contributed by atoms with Crippen LogP contribution in [0.25, 0.3) is 5.57 Å². The second-order valence-corrected chi connectivity index (χ2v) is 7.72. The smallest absolute Gasteiger partial charge is 0.255 e. The standard InChI is InChI=1S/C20H21N3O3/c24-18-6-5-17(19(25)22-18)23-10-13-7-11(1-4-16(13)20(23)26)12-8-14-2-3-15(9-12)21-14/h1,4,7-8,14-15,17,21H,2-3,5-6,9-10H2,(H,22,24,25). The second kappa shape index (κ2) is 5.77. The molecular formula is C20H21N3O3. The highest BCUT2D eigenvalue weighted by atomic mass is 16.2. The van der Waals surface area contributed by atoms with Crippen molar-refractivity contribution < 1.29 is 14.4 Å². The lowest BCUT2D eigenvalue weighted by atomic mass is 9.94. The Kier molecular flexibility index (Phi) is 3.50. The van der Waals surface area contributed by atoms with Gasteiger partial charge in [0.05, 0.1) is 0 Å². The molecule has 3 amide bonds. The zero-order valence-electron chi connectivity index (χ0n) is 14.5. The van der Waals surface area contributed by atoms with Crippen LogP contribution in [0.3, 0.4) is 0 Å². The van der Waals surface area contributed by atoms with E-state index in [1.54, 1.807) is 4.90 Å². The number of piperidine rings is 1. The molecule has 4 aliphatic heterocycles. The summed E-state index contributed by atoms with van der Waals surface area (Å²) in [7, 11) is 0. The Morgan fingerprint density at radius 1 is 1.08 bits per heavy atom. The highest BCUT2D eigenvalue weighted by Gasteiger charge is 2.39. The van der Waals surface area contributed by atoms with Gasteiger partial charge in [0.15, 0.2) is 0 Å². The largest absolute Gasteiger partial charge is 0.322 e. The quantitative estimate of drug-likeness (QED) is 0.789. The van der Waals surface area contributed by atoms with E-state index >= 15 is 0 Å². The number of hydrogen-bond acceptors (Lipinski definition) is 4. The third-order valence-corrected chi connectivity index (χ3v) is 6.04. The predicted octanol–water partition coefficient (Wildman–Crippen LogP) is 1.36. The Morgan fingerprint density at radius 2 is 1.96 bits per heavy atom. The number of carbonyl (C=O) groups is 3. The molecule has 1 aromatic carbocycles. The lowest BCUT2D eigenvalue weighted by Crippen LogP contribution is -2.52. The molecule has 0 radical (unpaired) electrons. The van der Waals surface area contributed by atoms with Crippen LogP contribution in [0, 0.1) is 0 Å². The van der Waals surface area contributed by atoms with E-state index in [4.69, 9.17) is 0 Å². The van der Waals surface area contributed by atoms with Gasteiger partial charge in [-0.05, 0) is 54.5 Å². The van der Waals surface area contributed by atoms with Gasteiger partial charge in [-0.3, -0.25) is 19.7 Å². The molecule has 4 aliphatic rings. The summed E-state index contributed by atoms with van der Waals surface area (Å²) < 4.78 is 0. The molecule has 1 aromatic rings. The van der Waals surface area contributed by atoms with Crippen molar-refractivity contribution in [1.29, 1.82) is 0 Å². The van der Waals surface area contributed by atoms with Crippen molar-refractivity contribution in [2.24, 2.45) is 0 Å². The van der Waals surface area contributed by atoms with E-state index in [9.17, 15) is 14.4 Å². The first-order valence-electron chi connectivity index (χ1n) is 9.33.